The van der Waals surface area contributed by atoms with Gasteiger partial charge in [0.05, 0.1) is 14.5 Å². The Labute approximate surface area is 186 Å². The van der Waals surface area contributed by atoms with Gasteiger partial charge in [-0.3, -0.25) is 13.6 Å². The molecule has 0 aliphatic carbocycles. The molecule has 0 N–H and O–H groups in total. The maximum atomic E-state index is 6.04. The van der Waals surface area contributed by atoms with Crippen molar-refractivity contribution in [3.63, 3.8) is 0 Å². The van der Waals surface area contributed by atoms with Gasteiger partial charge in [-0.15, -0.1) is 0 Å². The standard InChI is InChI=1S/C9H12Br3Cl6O3P/c1-4(10)7(13,14)19-22(20-8(15,16)5(2)11)21-9(17,18)6(3)12/h4-6H,1-3H3. The smallest absolute Gasteiger partial charge is 0.273 e. The highest BCUT2D eigenvalue weighted by Gasteiger charge is 2.46. The molecule has 0 aromatic carbocycles. The van der Waals surface area contributed by atoms with E-state index in [9.17, 15) is 0 Å². The van der Waals surface area contributed by atoms with E-state index >= 15 is 0 Å². The van der Waals surface area contributed by atoms with E-state index < -0.39 is 36.6 Å². The molecule has 3 nitrogen and oxygen atoms in total. The van der Waals surface area contributed by atoms with Crippen LogP contribution in [0.2, 0.25) is 0 Å². The molecule has 0 fully saturated rings. The summed E-state index contributed by atoms with van der Waals surface area (Å²) in [6.07, 6.45) is 0. The Morgan fingerprint density at radius 1 is 0.636 bits per heavy atom. The Morgan fingerprint density at radius 2 is 0.818 bits per heavy atom. The molecule has 0 aliphatic heterocycles. The van der Waals surface area contributed by atoms with E-state index in [1.54, 1.807) is 20.8 Å². The summed E-state index contributed by atoms with van der Waals surface area (Å²) in [6, 6.07) is 0. The first-order chi connectivity index (χ1) is 9.62. The Hall–Kier alpha value is 3.49. The van der Waals surface area contributed by atoms with Crippen LogP contribution >= 0.6 is 126 Å². The second kappa shape index (κ2) is 10.1. The van der Waals surface area contributed by atoms with Crippen LogP contribution in [-0.4, -0.2) is 28.0 Å². The lowest BCUT2D eigenvalue weighted by Crippen LogP contribution is -2.33. The Bertz CT molecular complexity index is 307. The molecule has 0 radical (unpaired) electrons. The molecule has 13 heteroatoms. The van der Waals surface area contributed by atoms with Gasteiger partial charge in [0.1, 0.15) is 0 Å². The number of hydrogen-bond acceptors (Lipinski definition) is 3. The lowest BCUT2D eigenvalue weighted by Gasteiger charge is -2.34. The van der Waals surface area contributed by atoms with Crippen molar-refractivity contribution in [2.45, 2.75) is 48.8 Å². The summed E-state index contributed by atoms with van der Waals surface area (Å²) in [5.41, 5.74) is 0. The van der Waals surface area contributed by atoms with E-state index in [1.807, 2.05) is 0 Å². The van der Waals surface area contributed by atoms with Crippen molar-refractivity contribution in [3.8, 4) is 0 Å². The minimum Gasteiger partial charge on any atom is -0.273 e. The van der Waals surface area contributed by atoms with Crippen molar-refractivity contribution in [1.82, 2.24) is 0 Å². The average molecular weight is 652 g/mol. The normalized spacial score (nSPS) is 19.6. The summed E-state index contributed by atoms with van der Waals surface area (Å²) in [5, 5.41) is 0. The predicted molar refractivity (Wildman–Crippen MR) is 109 cm³/mol. The summed E-state index contributed by atoms with van der Waals surface area (Å²) in [4.78, 5) is -1.41. The zero-order chi connectivity index (χ0) is 17.9. The highest BCUT2D eigenvalue weighted by atomic mass is 79.9. The first-order valence-corrected chi connectivity index (χ1v) is 11.7. The van der Waals surface area contributed by atoms with E-state index in [0.717, 1.165) is 0 Å². The number of alkyl halides is 9. The van der Waals surface area contributed by atoms with Crippen LogP contribution in [0.5, 0.6) is 0 Å². The fourth-order valence-electron chi connectivity index (χ4n) is 0.572. The third-order valence-electron chi connectivity index (χ3n) is 1.98. The van der Waals surface area contributed by atoms with Gasteiger partial charge in [-0.25, -0.2) is 0 Å². The molecule has 0 bridgehead atoms. The van der Waals surface area contributed by atoms with Gasteiger partial charge in [0.2, 0.25) is 13.6 Å². The predicted octanol–water partition coefficient (Wildman–Crippen LogP) is 8.01. The van der Waals surface area contributed by atoms with Gasteiger partial charge in [-0.1, -0.05) is 117 Å². The molecule has 0 rings (SSSR count). The largest absolute Gasteiger partial charge is 0.341 e. The van der Waals surface area contributed by atoms with Crippen LogP contribution in [0.1, 0.15) is 20.8 Å². The Kier molecular flexibility index (Phi) is 11.8. The topological polar surface area (TPSA) is 27.7 Å². The zero-order valence-electron chi connectivity index (χ0n) is 11.3. The van der Waals surface area contributed by atoms with Gasteiger partial charge < -0.3 is 0 Å². The van der Waals surface area contributed by atoms with Crippen molar-refractivity contribution in [1.29, 1.82) is 0 Å². The molecule has 0 amide bonds. The third kappa shape index (κ3) is 8.92. The molecule has 0 saturated carbocycles. The van der Waals surface area contributed by atoms with Crippen molar-refractivity contribution in [2.24, 2.45) is 0 Å². The number of halogens is 9. The van der Waals surface area contributed by atoms with Crippen LogP contribution < -0.4 is 0 Å². The van der Waals surface area contributed by atoms with Gasteiger partial charge >= 0.3 is 8.60 Å². The lowest BCUT2D eigenvalue weighted by molar-refractivity contribution is 0.0960. The summed E-state index contributed by atoms with van der Waals surface area (Å²) < 4.78 is 11.1. The molecule has 0 saturated heterocycles. The fourth-order valence-corrected chi connectivity index (χ4v) is 3.48. The van der Waals surface area contributed by atoms with Crippen LogP contribution in [0, 0.1) is 0 Å². The summed E-state index contributed by atoms with van der Waals surface area (Å²) in [6.45, 7) is 4.99. The van der Waals surface area contributed by atoms with Crippen LogP contribution in [0.4, 0.5) is 0 Å². The highest BCUT2D eigenvalue weighted by molar-refractivity contribution is 9.10. The molecule has 0 aromatic rings. The van der Waals surface area contributed by atoms with Crippen molar-refractivity contribution >= 4 is 126 Å². The van der Waals surface area contributed by atoms with E-state index in [0.29, 0.717) is 0 Å². The van der Waals surface area contributed by atoms with E-state index in [-0.39, 0.29) is 0 Å². The van der Waals surface area contributed by atoms with Crippen molar-refractivity contribution < 1.29 is 13.6 Å². The number of hydrogen-bond donors (Lipinski definition) is 0. The third-order valence-corrected chi connectivity index (χ3v) is 9.88. The van der Waals surface area contributed by atoms with Gasteiger partial charge in [0, 0.05) is 0 Å². The SMILES string of the molecule is CC(Br)C(Cl)(Cl)OP(OC(Cl)(Cl)C(C)Br)OC(Cl)(Cl)C(C)Br. The summed E-state index contributed by atoms with van der Waals surface area (Å²) >= 11 is 45.8. The summed E-state index contributed by atoms with van der Waals surface area (Å²) in [7, 11) is -2.30. The minimum atomic E-state index is -2.30. The van der Waals surface area contributed by atoms with Gasteiger partial charge in [-0.2, -0.15) is 0 Å². The molecular weight excluding hydrogens is 640 g/mol. The van der Waals surface area contributed by atoms with E-state index in [2.05, 4.69) is 47.8 Å². The molecule has 3 unspecified atom stereocenters. The van der Waals surface area contributed by atoms with Gasteiger partial charge in [0.25, 0.3) is 0 Å². The van der Waals surface area contributed by atoms with Gasteiger partial charge in [0.15, 0.2) is 0 Å². The van der Waals surface area contributed by atoms with Crippen molar-refractivity contribution in [3.05, 3.63) is 0 Å². The molecule has 0 heterocycles. The molecule has 22 heavy (non-hydrogen) atoms. The lowest BCUT2D eigenvalue weighted by atomic mass is 10.5. The first kappa shape index (κ1) is 25.5. The summed E-state index contributed by atoms with van der Waals surface area (Å²) in [5.74, 6) is 0. The minimum absolute atomic E-state index is 0.469. The molecular formula is C9H12Br3Cl6O3P. The molecule has 134 valence electrons. The van der Waals surface area contributed by atoms with Crippen LogP contribution in [-0.2, 0) is 13.6 Å². The monoisotopic (exact) mass is 646 g/mol. The maximum Gasteiger partial charge on any atom is 0.341 e. The second-order valence-electron chi connectivity index (χ2n) is 4.03. The molecule has 0 aliphatic rings. The Balaban J connectivity index is 5.25. The van der Waals surface area contributed by atoms with Crippen LogP contribution in [0.25, 0.3) is 0 Å². The second-order valence-corrected chi connectivity index (χ2v) is 13.1. The Morgan fingerprint density at radius 3 is 0.955 bits per heavy atom. The molecule has 0 aromatic heterocycles. The van der Waals surface area contributed by atoms with Crippen molar-refractivity contribution in [2.75, 3.05) is 0 Å². The number of rotatable bonds is 9. The highest BCUT2D eigenvalue weighted by Crippen LogP contribution is 2.58. The van der Waals surface area contributed by atoms with Gasteiger partial charge in [-0.05, 0) is 20.8 Å². The van der Waals surface area contributed by atoms with Crippen LogP contribution in [0.3, 0.4) is 0 Å². The fraction of sp³-hybridized carbons (Fsp3) is 1.00. The first-order valence-electron chi connectivity index (χ1n) is 5.55. The maximum absolute atomic E-state index is 6.04. The molecule has 3 atom stereocenters. The van der Waals surface area contributed by atoms with E-state index in [1.165, 1.54) is 0 Å². The van der Waals surface area contributed by atoms with E-state index in [4.69, 9.17) is 83.2 Å². The zero-order valence-corrected chi connectivity index (χ0v) is 21.5. The quantitative estimate of drug-likeness (QED) is 0.187. The van der Waals surface area contributed by atoms with Crippen LogP contribution in [0.15, 0.2) is 0 Å². The average Bonchev–Trinajstić information content (AvgIpc) is 2.25. The molecule has 0 spiro atoms.